The molecule has 2 aliphatic carbocycles. The van der Waals surface area contributed by atoms with Gasteiger partial charge >= 0.3 is 5.97 Å². The van der Waals surface area contributed by atoms with Crippen LogP contribution in [0, 0.1) is 5.92 Å². The van der Waals surface area contributed by atoms with Crippen LogP contribution < -0.4 is 10.0 Å². The zero-order chi connectivity index (χ0) is 18.7. The molecular weight excluding hydrogens is 356 g/mol. The second-order valence-electron chi connectivity index (χ2n) is 7.10. The van der Waals surface area contributed by atoms with Crippen LogP contribution in [0.25, 0.3) is 0 Å². The quantitative estimate of drug-likeness (QED) is 0.556. The predicted molar refractivity (Wildman–Crippen MR) is 97.5 cm³/mol. The van der Waals surface area contributed by atoms with Crippen LogP contribution in [-0.2, 0) is 14.8 Å². The number of nitrogens with zero attached hydrogens (tertiary/aromatic N) is 2. The number of pyridine rings is 1. The highest BCUT2D eigenvalue weighted by atomic mass is 32.2. The van der Waals surface area contributed by atoms with Gasteiger partial charge < -0.3 is 10.4 Å². The van der Waals surface area contributed by atoms with E-state index >= 15 is 0 Å². The third-order valence-corrected chi connectivity index (χ3v) is 6.44. The van der Waals surface area contributed by atoms with Crippen LogP contribution in [-0.4, -0.2) is 61.1 Å². The molecule has 0 saturated heterocycles. The van der Waals surface area contributed by atoms with Crippen LogP contribution in [0.1, 0.15) is 32.6 Å². The first-order chi connectivity index (χ1) is 12.4. The lowest BCUT2D eigenvalue weighted by Crippen LogP contribution is -2.51. The van der Waals surface area contributed by atoms with Crippen LogP contribution in [0.15, 0.2) is 23.2 Å². The lowest BCUT2D eigenvalue weighted by molar-refractivity contribution is -0.139. The smallest absolute Gasteiger partial charge is 0.317 e. The number of nitrogens with one attached hydrogen (secondary N) is 2. The number of likely N-dealkylation sites (N-methyl/N-ethyl adjacent to an activating group) is 1. The number of carbonyl (C=O) groups is 1. The molecule has 1 aromatic heterocycles. The molecule has 144 valence electrons. The van der Waals surface area contributed by atoms with Gasteiger partial charge in [-0.3, -0.25) is 9.69 Å². The summed E-state index contributed by atoms with van der Waals surface area (Å²) >= 11 is 0. The van der Waals surface area contributed by atoms with Crippen molar-refractivity contribution in [3.8, 4) is 0 Å². The van der Waals surface area contributed by atoms with Crippen LogP contribution in [0.2, 0.25) is 0 Å². The van der Waals surface area contributed by atoms with Crippen molar-refractivity contribution >= 4 is 21.8 Å². The molecule has 2 saturated carbocycles. The molecule has 2 aliphatic rings. The minimum absolute atomic E-state index is 0.0621. The molecule has 2 fully saturated rings. The lowest BCUT2D eigenvalue weighted by atomic mass is 9.85. The lowest BCUT2D eigenvalue weighted by Gasteiger charge is -2.42. The van der Waals surface area contributed by atoms with Gasteiger partial charge in [-0.2, -0.15) is 0 Å². The summed E-state index contributed by atoms with van der Waals surface area (Å²) in [6, 6.07) is 3.72. The maximum absolute atomic E-state index is 12.2. The Hall–Kier alpha value is -1.71. The fraction of sp³-hybridized carbons (Fsp3) is 0.647. The molecule has 0 atom stereocenters. The molecule has 1 aromatic rings. The summed E-state index contributed by atoms with van der Waals surface area (Å²) < 4.78 is 27.0. The zero-order valence-electron chi connectivity index (χ0n) is 14.9. The molecule has 0 spiro atoms. The van der Waals surface area contributed by atoms with E-state index in [1.807, 2.05) is 11.8 Å². The van der Waals surface area contributed by atoms with Crippen molar-refractivity contribution in [2.24, 2.45) is 5.92 Å². The van der Waals surface area contributed by atoms with Gasteiger partial charge in [-0.25, -0.2) is 18.1 Å². The molecule has 26 heavy (non-hydrogen) atoms. The highest BCUT2D eigenvalue weighted by molar-refractivity contribution is 7.89. The van der Waals surface area contributed by atoms with Gasteiger partial charge in [0.05, 0.1) is 6.54 Å². The maximum Gasteiger partial charge on any atom is 0.317 e. The number of carboxylic acids is 1. The molecule has 0 aromatic carbocycles. The summed E-state index contributed by atoms with van der Waals surface area (Å²) in [6.45, 7) is 3.23. The molecule has 3 rings (SSSR count). The fourth-order valence-corrected chi connectivity index (χ4v) is 4.20. The van der Waals surface area contributed by atoms with E-state index in [2.05, 4.69) is 15.0 Å². The van der Waals surface area contributed by atoms with Gasteiger partial charge in [0.25, 0.3) is 0 Å². The molecule has 1 heterocycles. The van der Waals surface area contributed by atoms with Gasteiger partial charge in [-0.1, -0.05) is 6.92 Å². The molecule has 8 nitrogen and oxygen atoms in total. The summed E-state index contributed by atoms with van der Waals surface area (Å²) in [5, 5.41) is 12.2. The van der Waals surface area contributed by atoms with E-state index in [1.165, 1.54) is 6.20 Å². The van der Waals surface area contributed by atoms with Gasteiger partial charge in [0.15, 0.2) is 0 Å². The van der Waals surface area contributed by atoms with Crippen LogP contribution in [0.3, 0.4) is 0 Å². The van der Waals surface area contributed by atoms with Crippen LogP contribution in [0.5, 0.6) is 0 Å². The molecule has 9 heteroatoms. The van der Waals surface area contributed by atoms with E-state index in [9.17, 15) is 13.2 Å². The van der Waals surface area contributed by atoms with Gasteiger partial charge in [0.1, 0.15) is 10.7 Å². The maximum atomic E-state index is 12.2. The van der Waals surface area contributed by atoms with E-state index in [1.54, 1.807) is 12.1 Å². The number of sulfonamides is 1. The number of hydrogen-bond donors (Lipinski definition) is 3. The summed E-state index contributed by atoms with van der Waals surface area (Å²) in [6.07, 6.45) is 5.26. The van der Waals surface area contributed by atoms with Crippen molar-refractivity contribution in [3.05, 3.63) is 18.3 Å². The average molecular weight is 382 g/mol. The molecule has 0 aliphatic heterocycles. The van der Waals surface area contributed by atoms with Crippen molar-refractivity contribution in [1.82, 2.24) is 14.6 Å². The fourth-order valence-electron chi connectivity index (χ4n) is 3.14. The highest BCUT2D eigenvalue weighted by Gasteiger charge is 2.34. The van der Waals surface area contributed by atoms with Crippen molar-refractivity contribution in [1.29, 1.82) is 0 Å². The van der Waals surface area contributed by atoms with Crippen LogP contribution in [0.4, 0.5) is 5.82 Å². The molecular formula is C17H26N4O4S. The van der Waals surface area contributed by atoms with Gasteiger partial charge in [0.2, 0.25) is 10.0 Å². The SMILES string of the molecule is CCN(CC(=O)O)C1CC(Nc2ccc(S(=O)(=O)NCC3CC3)cn2)C1. The molecule has 0 unspecified atom stereocenters. The molecule has 0 radical (unpaired) electrons. The number of aliphatic carboxylic acids is 1. The van der Waals surface area contributed by atoms with E-state index in [4.69, 9.17) is 5.11 Å². The topological polar surface area (TPSA) is 112 Å². The Morgan fingerprint density at radius 2 is 2.08 bits per heavy atom. The van der Waals surface area contributed by atoms with Gasteiger partial charge in [0, 0.05) is 24.8 Å². The molecule has 3 N–H and O–H groups in total. The first kappa shape index (κ1) is 19.1. The van der Waals surface area contributed by atoms with Crippen molar-refractivity contribution < 1.29 is 18.3 Å². The Morgan fingerprint density at radius 3 is 2.62 bits per heavy atom. The van der Waals surface area contributed by atoms with Crippen molar-refractivity contribution in [2.75, 3.05) is 25.0 Å². The highest BCUT2D eigenvalue weighted by Crippen LogP contribution is 2.29. The summed E-state index contributed by atoms with van der Waals surface area (Å²) in [4.78, 5) is 17.2. The number of hydrogen-bond acceptors (Lipinski definition) is 6. The summed E-state index contributed by atoms with van der Waals surface area (Å²) in [5.74, 6) is 0.307. The monoisotopic (exact) mass is 382 g/mol. The normalized spacial score (nSPS) is 22.8. The van der Waals surface area contributed by atoms with E-state index in [0.29, 0.717) is 24.8 Å². The van der Waals surface area contributed by atoms with Crippen LogP contribution >= 0.6 is 0 Å². The first-order valence-corrected chi connectivity index (χ1v) is 10.5. The van der Waals surface area contributed by atoms with Gasteiger partial charge in [-0.15, -0.1) is 0 Å². The molecule has 0 amide bonds. The van der Waals surface area contributed by atoms with Crippen molar-refractivity contribution in [2.45, 2.75) is 49.6 Å². The number of rotatable bonds is 10. The summed E-state index contributed by atoms with van der Waals surface area (Å²) in [5.41, 5.74) is 0. The molecule has 0 bridgehead atoms. The Bertz CT molecular complexity index is 728. The Balaban J connectivity index is 1.48. The number of carboxylic acid groups (broad SMARTS) is 1. The predicted octanol–water partition coefficient (Wildman–Crippen LogP) is 1.12. The third-order valence-electron chi connectivity index (χ3n) is 5.03. The minimum atomic E-state index is -3.49. The largest absolute Gasteiger partial charge is 0.480 e. The second kappa shape index (κ2) is 7.89. The van der Waals surface area contributed by atoms with E-state index in [0.717, 1.165) is 25.7 Å². The average Bonchev–Trinajstić information content (AvgIpc) is 3.39. The Kier molecular flexibility index (Phi) is 5.79. The number of anilines is 1. The summed E-state index contributed by atoms with van der Waals surface area (Å²) in [7, 11) is -3.49. The Morgan fingerprint density at radius 1 is 1.35 bits per heavy atom. The first-order valence-electron chi connectivity index (χ1n) is 9.05. The Labute approximate surface area is 154 Å². The second-order valence-corrected chi connectivity index (χ2v) is 8.86. The van der Waals surface area contributed by atoms with E-state index in [-0.39, 0.29) is 23.5 Å². The number of aromatic nitrogens is 1. The standard InChI is InChI=1S/C17H26N4O4S/c1-2-21(11-17(22)23)14-7-13(8-14)20-16-6-5-15(10-18-16)26(24,25)19-9-12-3-4-12/h5-6,10,12-14,19H,2-4,7-9,11H2,1H3,(H,18,20)(H,22,23). The zero-order valence-corrected chi connectivity index (χ0v) is 15.7. The van der Waals surface area contributed by atoms with E-state index < -0.39 is 16.0 Å². The third kappa shape index (κ3) is 4.93. The van der Waals surface area contributed by atoms with Gasteiger partial charge in [-0.05, 0) is 50.3 Å². The van der Waals surface area contributed by atoms with Crippen molar-refractivity contribution in [3.63, 3.8) is 0 Å². The minimum Gasteiger partial charge on any atom is -0.480 e.